The minimum atomic E-state index is -0.991. The van der Waals surface area contributed by atoms with E-state index >= 15 is 0 Å². The topological polar surface area (TPSA) is 94.0 Å². The molecule has 0 spiro atoms. The van der Waals surface area contributed by atoms with Crippen molar-refractivity contribution < 1.29 is 15.0 Å². The third-order valence-corrected chi connectivity index (χ3v) is 4.46. The summed E-state index contributed by atoms with van der Waals surface area (Å²) in [5.41, 5.74) is 6.79. The molecule has 3 rings (SSSR count). The molecule has 0 radical (unpaired) electrons. The summed E-state index contributed by atoms with van der Waals surface area (Å²) in [7, 11) is 0. The minimum Gasteiger partial charge on any atom is -0.507 e. The van der Waals surface area contributed by atoms with Gasteiger partial charge in [0.1, 0.15) is 5.75 Å². The van der Waals surface area contributed by atoms with Crippen LogP contribution in [-0.4, -0.2) is 27.5 Å². The molecule has 3 aromatic carbocycles. The quantitative estimate of drug-likeness (QED) is 0.286. The van der Waals surface area contributed by atoms with Gasteiger partial charge >= 0.3 is 5.97 Å². The number of phenolic OH excluding ortho intramolecular Hbond substituents is 1. The number of carboxylic acids is 1. The number of carbonyl (C=O) groups is 1. The van der Waals surface area contributed by atoms with Gasteiger partial charge in [-0.2, -0.15) is 5.10 Å². The number of benzene rings is 3. The zero-order chi connectivity index (χ0) is 20.8. The highest BCUT2D eigenvalue weighted by Crippen LogP contribution is 2.33. The second-order valence-corrected chi connectivity index (χ2v) is 6.67. The van der Waals surface area contributed by atoms with Crippen molar-refractivity contribution in [2.24, 2.45) is 5.10 Å². The van der Waals surface area contributed by atoms with Crippen LogP contribution >= 0.6 is 12.2 Å². The lowest BCUT2D eigenvalue weighted by atomic mass is 9.98. The Morgan fingerprint density at radius 1 is 1.00 bits per heavy atom. The number of carboxylic acid groups (broad SMARTS) is 1. The highest BCUT2D eigenvalue weighted by molar-refractivity contribution is 7.80. The summed E-state index contributed by atoms with van der Waals surface area (Å²) in [5, 5.41) is 26.7. The van der Waals surface area contributed by atoms with Crippen molar-refractivity contribution in [3.63, 3.8) is 0 Å². The number of hydrazone groups is 1. The molecule has 3 aromatic rings. The van der Waals surface area contributed by atoms with Crippen molar-refractivity contribution >= 4 is 35.2 Å². The van der Waals surface area contributed by atoms with Gasteiger partial charge in [0.15, 0.2) is 5.11 Å². The van der Waals surface area contributed by atoms with Crippen molar-refractivity contribution in [1.82, 2.24) is 5.43 Å². The summed E-state index contributed by atoms with van der Waals surface area (Å²) in [6.07, 6.45) is 1.48. The third-order valence-electron chi connectivity index (χ3n) is 4.26. The molecule has 0 saturated heterocycles. The van der Waals surface area contributed by atoms with Crippen molar-refractivity contribution in [3.05, 3.63) is 83.4 Å². The van der Waals surface area contributed by atoms with Gasteiger partial charge in [0.2, 0.25) is 0 Å². The number of nitrogens with zero attached hydrogens (tertiary/aromatic N) is 1. The van der Waals surface area contributed by atoms with Crippen molar-refractivity contribution in [3.8, 4) is 16.9 Å². The minimum absolute atomic E-state index is 0.135. The standard InChI is InChI=1S/C22H19N3O3S/c1-14-5-2-3-7-18(14)19-8-4-6-16(20(19)26)13-23-25-22(29)24-17-11-9-15(10-12-17)21(27)28/h2-13,26H,1H3,(H,27,28)(H2,24,25,29)/b23-13+. The molecule has 0 amide bonds. The molecule has 29 heavy (non-hydrogen) atoms. The highest BCUT2D eigenvalue weighted by Gasteiger charge is 2.09. The first-order valence-corrected chi connectivity index (χ1v) is 9.18. The van der Waals surface area contributed by atoms with Crippen LogP contribution in [0.1, 0.15) is 21.5 Å². The van der Waals surface area contributed by atoms with E-state index in [0.717, 1.165) is 16.7 Å². The van der Waals surface area contributed by atoms with Gasteiger partial charge in [0.05, 0.1) is 11.8 Å². The Balaban J connectivity index is 1.67. The van der Waals surface area contributed by atoms with Crippen LogP contribution in [-0.2, 0) is 0 Å². The molecule has 0 heterocycles. The van der Waals surface area contributed by atoms with Crippen molar-refractivity contribution in [2.45, 2.75) is 6.92 Å². The summed E-state index contributed by atoms with van der Waals surface area (Å²) in [4.78, 5) is 10.9. The number of nitrogens with one attached hydrogen (secondary N) is 2. The smallest absolute Gasteiger partial charge is 0.335 e. The first kappa shape index (κ1) is 20.0. The molecule has 0 bridgehead atoms. The van der Waals surface area contributed by atoms with E-state index in [4.69, 9.17) is 17.3 Å². The molecular formula is C22H19N3O3S. The number of hydrogen-bond acceptors (Lipinski definition) is 4. The van der Waals surface area contributed by atoms with Gasteiger partial charge in [-0.15, -0.1) is 0 Å². The van der Waals surface area contributed by atoms with E-state index in [1.54, 1.807) is 18.2 Å². The lowest BCUT2D eigenvalue weighted by Gasteiger charge is -2.10. The average molecular weight is 405 g/mol. The number of aromatic carboxylic acids is 1. The molecule has 0 fully saturated rings. The van der Waals surface area contributed by atoms with Gasteiger partial charge in [0, 0.05) is 16.8 Å². The van der Waals surface area contributed by atoms with Crippen LogP contribution in [0.25, 0.3) is 11.1 Å². The molecule has 0 aliphatic heterocycles. The molecule has 0 aromatic heterocycles. The number of aromatic hydroxyl groups is 1. The summed E-state index contributed by atoms with van der Waals surface area (Å²) >= 11 is 5.17. The first-order chi connectivity index (χ1) is 14.0. The molecule has 4 N–H and O–H groups in total. The van der Waals surface area contributed by atoms with E-state index in [-0.39, 0.29) is 16.4 Å². The molecular weight excluding hydrogens is 386 g/mol. The van der Waals surface area contributed by atoms with Crippen LogP contribution in [0.4, 0.5) is 5.69 Å². The highest BCUT2D eigenvalue weighted by atomic mass is 32.1. The predicted molar refractivity (Wildman–Crippen MR) is 119 cm³/mol. The normalized spacial score (nSPS) is 10.7. The van der Waals surface area contributed by atoms with E-state index in [2.05, 4.69) is 15.8 Å². The Morgan fingerprint density at radius 2 is 1.69 bits per heavy atom. The van der Waals surface area contributed by atoms with E-state index in [1.807, 2.05) is 43.3 Å². The van der Waals surface area contributed by atoms with E-state index < -0.39 is 5.97 Å². The lowest BCUT2D eigenvalue weighted by Crippen LogP contribution is -2.23. The molecule has 0 aliphatic carbocycles. The summed E-state index contributed by atoms with van der Waals surface area (Å²) in [5.74, 6) is -0.856. The van der Waals surface area contributed by atoms with Crippen molar-refractivity contribution in [1.29, 1.82) is 0 Å². The fraction of sp³-hybridized carbons (Fsp3) is 0.0455. The molecule has 0 saturated carbocycles. The molecule has 146 valence electrons. The monoisotopic (exact) mass is 405 g/mol. The summed E-state index contributed by atoms with van der Waals surface area (Å²) in [6, 6.07) is 19.5. The molecule has 0 atom stereocenters. The van der Waals surface area contributed by atoms with Gasteiger partial charge in [-0.05, 0) is 60.6 Å². The second kappa shape index (κ2) is 8.99. The van der Waals surface area contributed by atoms with E-state index in [0.29, 0.717) is 11.3 Å². The lowest BCUT2D eigenvalue weighted by molar-refractivity contribution is 0.0697. The van der Waals surface area contributed by atoms with E-state index in [9.17, 15) is 9.90 Å². The summed E-state index contributed by atoms with van der Waals surface area (Å²) < 4.78 is 0. The number of rotatable bonds is 5. The molecule has 0 aliphatic rings. The number of phenols is 1. The Hall–Kier alpha value is -3.71. The van der Waals surface area contributed by atoms with Gasteiger partial charge in [-0.25, -0.2) is 4.79 Å². The number of anilines is 1. The zero-order valence-corrected chi connectivity index (χ0v) is 16.4. The Bertz CT molecular complexity index is 1080. The Morgan fingerprint density at radius 3 is 2.38 bits per heavy atom. The SMILES string of the molecule is Cc1ccccc1-c1cccc(/C=N/NC(=S)Nc2ccc(C(=O)O)cc2)c1O. The van der Waals surface area contributed by atoms with E-state index in [1.165, 1.54) is 18.3 Å². The number of para-hydroxylation sites is 1. The largest absolute Gasteiger partial charge is 0.507 e. The van der Waals surface area contributed by atoms with Gasteiger partial charge < -0.3 is 15.5 Å². The van der Waals surface area contributed by atoms with Crippen LogP contribution < -0.4 is 10.7 Å². The first-order valence-electron chi connectivity index (χ1n) is 8.77. The third kappa shape index (κ3) is 4.97. The predicted octanol–water partition coefficient (Wildman–Crippen LogP) is 4.39. The van der Waals surface area contributed by atoms with Crippen molar-refractivity contribution in [2.75, 3.05) is 5.32 Å². The Labute approximate surface area is 173 Å². The Kier molecular flexibility index (Phi) is 6.21. The fourth-order valence-corrected chi connectivity index (χ4v) is 2.94. The molecule has 7 heteroatoms. The maximum atomic E-state index is 10.9. The fourth-order valence-electron chi connectivity index (χ4n) is 2.77. The average Bonchev–Trinajstić information content (AvgIpc) is 2.70. The van der Waals surface area contributed by atoms with Crippen LogP contribution in [0.3, 0.4) is 0 Å². The molecule has 6 nitrogen and oxygen atoms in total. The maximum Gasteiger partial charge on any atom is 0.335 e. The van der Waals surface area contributed by atoms with Gasteiger partial charge in [-0.3, -0.25) is 5.43 Å². The number of hydrogen-bond donors (Lipinski definition) is 4. The van der Waals surface area contributed by atoms with Gasteiger partial charge in [0.25, 0.3) is 0 Å². The second-order valence-electron chi connectivity index (χ2n) is 6.26. The van der Waals surface area contributed by atoms with Crippen LogP contribution in [0.2, 0.25) is 0 Å². The maximum absolute atomic E-state index is 10.9. The van der Waals surface area contributed by atoms with Crippen LogP contribution in [0, 0.1) is 6.92 Å². The van der Waals surface area contributed by atoms with Crippen LogP contribution in [0.5, 0.6) is 5.75 Å². The number of aryl methyl sites for hydroxylation is 1. The number of thiocarbonyl (C=S) groups is 1. The van der Waals surface area contributed by atoms with Gasteiger partial charge in [-0.1, -0.05) is 36.4 Å². The zero-order valence-electron chi connectivity index (χ0n) is 15.6. The van der Waals surface area contributed by atoms with Crippen LogP contribution in [0.15, 0.2) is 71.8 Å². The summed E-state index contributed by atoms with van der Waals surface area (Å²) in [6.45, 7) is 1.99. The molecule has 0 unspecified atom stereocenters.